The van der Waals surface area contributed by atoms with E-state index in [2.05, 4.69) is 4.98 Å². The Labute approximate surface area is 92.3 Å². The molecule has 0 bridgehead atoms. The van der Waals surface area contributed by atoms with Gasteiger partial charge in [0.2, 0.25) is 0 Å². The summed E-state index contributed by atoms with van der Waals surface area (Å²) in [6.07, 6.45) is 0. The second kappa shape index (κ2) is 3.83. The second-order valence-corrected chi connectivity index (χ2v) is 4.63. The molecule has 0 saturated heterocycles. The van der Waals surface area contributed by atoms with Gasteiger partial charge in [0.15, 0.2) is 0 Å². The molecule has 0 spiro atoms. The summed E-state index contributed by atoms with van der Waals surface area (Å²) in [5, 5.41) is 0.556. The molecule has 0 radical (unpaired) electrons. The molecular weight excluding hydrogens is 225 g/mol. The van der Waals surface area contributed by atoms with Gasteiger partial charge in [-0.1, -0.05) is 23.2 Å². The van der Waals surface area contributed by atoms with Gasteiger partial charge in [-0.2, -0.15) is 0 Å². The fourth-order valence-electron chi connectivity index (χ4n) is 0.847. The van der Waals surface area contributed by atoms with Crippen LogP contribution >= 0.6 is 23.2 Å². The summed E-state index contributed by atoms with van der Waals surface area (Å²) in [7, 11) is 0. The molecule has 1 N–H and O–H groups in total. The Bertz CT molecular complexity index is 333. The number of carbonyl (C=O) groups excluding carboxylic acids is 1. The summed E-state index contributed by atoms with van der Waals surface area (Å²) in [6, 6.07) is 1.44. The standard InChI is InChI=1S/C9H11Cl2NO2/c1-9(2,3)14-8(13)6-4-5(10)7(11)12-6/h4,12H,1-3H3. The number of nitrogens with one attached hydrogen (secondary N) is 1. The minimum Gasteiger partial charge on any atom is -0.455 e. The van der Waals surface area contributed by atoms with Gasteiger partial charge in [-0.05, 0) is 26.8 Å². The highest BCUT2D eigenvalue weighted by Gasteiger charge is 2.19. The smallest absolute Gasteiger partial charge is 0.355 e. The highest BCUT2D eigenvalue weighted by atomic mass is 35.5. The number of carbonyl (C=O) groups is 1. The first-order chi connectivity index (χ1) is 6.29. The number of ether oxygens (including phenoxy) is 1. The van der Waals surface area contributed by atoms with Crippen molar-refractivity contribution in [1.29, 1.82) is 0 Å². The SMILES string of the molecule is CC(C)(C)OC(=O)c1cc(Cl)c(Cl)[nH]1. The van der Waals surface area contributed by atoms with Crippen LogP contribution in [0.25, 0.3) is 0 Å². The number of H-pyrrole nitrogens is 1. The summed E-state index contributed by atoms with van der Waals surface area (Å²) in [5.74, 6) is -0.466. The van der Waals surface area contributed by atoms with E-state index in [1.807, 2.05) is 0 Å². The van der Waals surface area contributed by atoms with Crippen molar-refractivity contribution in [2.24, 2.45) is 0 Å². The molecule has 0 aliphatic rings. The molecule has 5 heteroatoms. The predicted octanol–water partition coefficient (Wildman–Crippen LogP) is 3.28. The second-order valence-electron chi connectivity index (χ2n) is 3.85. The third kappa shape index (κ3) is 2.93. The summed E-state index contributed by atoms with van der Waals surface area (Å²) in [6.45, 7) is 5.37. The Balaban J connectivity index is 2.80. The van der Waals surface area contributed by atoms with E-state index in [1.165, 1.54) is 6.07 Å². The highest BCUT2D eigenvalue weighted by molar-refractivity contribution is 6.41. The van der Waals surface area contributed by atoms with Gasteiger partial charge in [-0.25, -0.2) is 4.79 Å². The largest absolute Gasteiger partial charge is 0.455 e. The molecule has 14 heavy (non-hydrogen) atoms. The Kier molecular flexibility index (Phi) is 3.12. The molecule has 0 saturated carbocycles. The maximum absolute atomic E-state index is 11.5. The van der Waals surface area contributed by atoms with Crippen LogP contribution in [0.2, 0.25) is 10.2 Å². The van der Waals surface area contributed by atoms with Crippen LogP contribution in [0.3, 0.4) is 0 Å². The molecule has 1 rings (SSSR count). The molecule has 0 aliphatic carbocycles. The van der Waals surface area contributed by atoms with Gasteiger partial charge >= 0.3 is 5.97 Å². The van der Waals surface area contributed by atoms with Crippen molar-refractivity contribution in [3.05, 3.63) is 21.9 Å². The van der Waals surface area contributed by atoms with Crippen molar-refractivity contribution in [2.45, 2.75) is 26.4 Å². The Morgan fingerprint density at radius 3 is 2.36 bits per heavy atom. The van der Waals surface area contributed by atoms with Crippen molar-refractivity contribution in [2.75, 3.05) is 0 Å². The van der Waals surface area contributed by atoms with E-state index in [4.69, 9.17) is 27.9 Å². The monoisotopic (exact) mass is 235 g/mol. The average molecular weight is 236 g/mol. The van der Waals surface area contributed by atoms with Crippen molar-refractivity contribution in [3.63, 3.8) is 0 Å². The number of aromatic amines is 1. The third-order valence-corrected chi connectivity index (χ3v) is 2.04. The lowest BCUT2D eigenvalue weighted by Crippen LogP contribution is -2.24. The lowest BCUT2D eigenvalue weighted by molar-refractivity contribution is 0.00636. The molecular formula is C9H11Cl2NO2. The number of hydrogen-bond acceptors (Lipinski definition) is 2. The molecule has 0 fully saturated rings. The van der Waals surface area contributed by atoms with Crippen LogP contribution in [0.4, 0.5) is 0 Å². The zero-order chi connectivity index (χ0) is 10.9. The van der Waals surface area contributed by atoms with Crippen LogP contribution in [0.15, 0.2) is 6.07 Å². The fraction of sp³-hybridized carbons (Fsp3) is 0.444. The van der Waals surface area contributed by atoms with Crippen LogP contribution in [0.1, 0.15) is 31.3 Å². The molecule has 0 aromatic carbocycles. The van der Waals surface area contributed by atoms with Gasteiger partial charge in [0.05, 0.1) is 5.02 Å². The van der Waals surface area contributed by atoms with Gasteiger partial charge in [0.1, 0.15) is 16.4 Å². The summed E-state index contributed by atoms with van der Waals surface area (Å²) >= 11 is 11.3. The summed E-state index contributed by atoms with van der Waals surface area (Å²) in [4.78, 5) is 14.1. The van der Waals surface area contributed by atoms with Crippen molar-refractivity contribution in [1.82, 2.24) is 4.98 Å². The third-order valence-electron chi connectivity index (χ3n) is 1.34. The van der Waals surface area contributed by atoms with Gasteiger partial charge < -0.3 is 9.72 Å². The molecule has 1 heterocycles. The average Bonchev–Trinajstić information content (AvgIpc) is 2.28. The van der Waals surface area contributed by atoms with Gasteiger partial charge in [-0.3, -0.25) is 0 Å². The summed E-state index contributed by atoms with van der Waals surface area (Å²) < 4.78 is 5.10. The Hall–Kier alpha value is -0.670. The minimum absolute atomic E-state index is 0.243. The number of hydrogen-bond donors (Lipinski definition) is 1. The highest BCUT2D eigenvalue weighted by Crippen LogP contribution is 2.23. The molecule has 0 amide bonds. The van der Waals surface area contributed by atoms with Crippen molar-refractivity contribution >= 4 is 29.2 Å². The van der Waals surface area contributed by atoms with Crippen LogP contribution in [-0.4, -0.2) is 16.6 Å². The van der Waals surface area contributed by atoms with E-state index < -0.39 is 11.6 Å². The number of rotatable bonds is 1. The Morgan fingerprint density at radius 2 is 2.00 bits per heavy atom. The number of aromatic nitrogens is 1. The zero-order valence-electron chi connectivity index (χ0n) is 8.15. The fourth-order valence-corrected chi connectivity index (χ4v) is 1.16. The normalized spacial score (nSPS) is 11.5. The predicted molar refractivity (Wildman–Crippen MR) is 56.0 cm³/mol. The molecule has 1 aromatic heterocycles. The quantitative estimate of drug-likeness (QED) is 0.760. The maximum Gasteiger partial charge on any atom is 0.355 e. The molecule has 78 valence electrons. The molecule has 1 aromatic rings. The van der Waals surface area contributed by atoms with Crippen LogP contribution < -0.4 is 0 Å². The lowest BCUT2D eigenvalue weighted by atomic mass is 10.2. The topological polar surface area (TPSA) is 42.1 Å². The lowest BCUT2D eigenvalue weighted by Gasteiger charge is -2.18. The first-order valence-electron chi connectivity index (χ1n) is 4.07. The van der Waals surface area contributed by atoms with Crippen LogP contribution in [0.5, 0.6) is 0 Å². The van der Waals surface area contributed by atoms with Crippen LogP contribution in [0, 0.1) is 0 Å². The van der Waals surface area contributed by atoms with E-state index in [0.717, 1.165) is 0 Å². The first-order valence-corrected chi connectivity index (χ1v) is 4.82. The first kappa shape index (κ1) is 11.4. The van der Waals surface area contributed by atoms with Crippen molar-refractivity contribution < 1.29 is 9.53 Å². The molecule has 0 atom stereocenters. The van der Waals surface area contributed by atoms with Gasteiger partial charge in [0.25, 0.3) is 0 Å². The number of esters is 1. The number of halogens is 2. The van der Waals surface area contributed by atoms with E-state index in [9.17, 15) is 4.79 Å². The minimum atomic E-state index is -0.527. The van der Waals surface area contributed by atoms with Gasteiger partial charge in [-0.15, -0.1) is 0 Å². The maximum atomic E-state index is 11.5. The van der Waals surface area contributed by atoms with E-state index in [0.29, 0.717) is 5.02 Å². The molecule has 0 unspecified atom stereocenters. The van der Waals surface area contributed by atoms with Crippen molar-refractivity contribution in [3.8, 4) is 0 Å². The molecule has 0 aliphatic heterocycles. The van der Waals surface area contributed by atoms with E-state index in [-0.39, 0.29) is 10.8 Å². The zero-order valence-corrected chi connectivity index (χ0v) is 9.66. The molecule has 3 nitrogen and oxygen atoms in total. The summed E-state index contributed by atoms with van der Waals surface area (Å²) in [5.41, 5.74) is -0.267. The van der Waals surface area contributed by atoms with E-state index >= 15 is 0 Å². The van der Waals surface area contributed by atoms with Gasteiger partial charge in [0, 0.05) is 0 Å². The Morgan fingerprint density at radius 1 is 1.43 bits per heavy atom. The van der Waals surface area contributed by atoms with Crippen LogP contribution in [-0.2, 0) is 4.74 Å². The van der Waals surface area contributed by atoms with E-state index in [1.54, 1.807) is 20.8 Å².